The van der Waals surface area contributed by atoms with Gasteiger partial charge in [0.05, 0.1) is 11.4 Å². The Labute approximate surface area is 136 Å². The maximum absolute atomic E-state index is 12.1. The predicted octanol–water partition coefficient (Wildman–Crippen LogP) is 2.38. The highest BCUT2D eigenvalue weighted by Crippen LogP contribution is 2.26. The van der Waals surface area contributed by atoms with Crippen LogP contribution < -0.4 is 11.1 Å². The highest BCUT2D eigenvalue weighted by atomic mass is 79.9. The smallest absolute Gasteiger partial charge is 0.240 e. The van der Waals surface area contributed by atoms with Gasteiger partial charge in [0.15, 0.2) is 0 Å². The van der Waals surface area contributed by atoms with Gasteiger partial charge in [-0.3, -0.25) is 9.59 Å². The summed E-state index contributed by atoms with van der Waals surface area (Å²) in [7, 11) is 0. The number of carbonyl (C=O) groups excluding carboxylic acids is 2. The molecule has 1 aromatic carbocycles. The van der Waals surface area contributed by atoms with E-state index in [1.54, 1.807) is 23.1 Å². The zero-order valence-electron chi connectivity index (χ0n) is 11.4. The Bertz CT molecular complexity index is 547. The maximum atomic E-state index is 12.1. The fourth-order valence-corrected chi connectivity index (χ4v) is 2.78. The normalized spacial score (nSPS) is 15.8. The molecule has 1 unspecified atom stereocenters. The average Bonchev–Trinajstić information content (AvgIpc) is 2.96. The molecule has 2 rings (SSSR count). The minimum atomic E-state index is -0.730. The van der Waals surface area contributed by atoms with E-state index >= 15 is 0 Å². The van der Waals surface area contributed by atoms with Gasteiger partial charge in [0.25, 0.3) is 0 Å². The van der Waals surface area contributed by atoms with Gasteiger partial charge in [0, 0.05) is 23.2 Å². The molecule has 1 aliphatic rings. The van der Waals surface area contributed by atoms with Crippen LogP contribution >= 0.6 is 27.5 Å². The summed E-state index contributed by atoms with van der Waals surface area (Å²) in [5.74, 6) is -0.592. The van der Waals surface area contributed by atoms with Crippen LogP contribution in [-0.2, 0) is 9.59 Å². The second-order valence-corrected chi connectivity index (χ2v) is 6.28. The average molecular weight is 375 g/mol. The molecule has 1 heterocycles. The number of halogens is 2. The molecule has 0 bridgehead atoms. The number of benzene rings is 1. The summed E-state index contributed by atoms with van der Waals surface area (Å²) in [5.41, 5.74) is 6.07. The number of nitrogens with one attached hydrogen (secondary N) is 1. The number of rotatable bonds is 5. The summed E-state index contributed by atoms with van der Waals surface area (Å²) in [4.78, 5) is 25.4. The molecule has 1 aliphatic heterocycles. The molecule has 3 N–H and O–H groups in total. The summed E-state index contributed by atoms with van der Waals surface area (Å²) in [6.07, 6.45) is 2.10. The number of nitrogens with two attached hydrogens (primary N) is 1. The van der Waals surface area contributed by atoms with Crippen molar-refractivity contribution in [3.05, 3.63) is 27.7 Å². The first-order valence-electron chi connectivity index (χ1n) is 6.76. The molecule has 0 aromatic heterocycles. The molecule has 1 atom stereocenters. The van der Waals surface area contributed by atoms with Gasteiger partial charge in [-0.1, -0.05) is 11.6 Å². The van der Waals surface area contributed by atoms with Crippen LogP contribution in [0, 0.1) is 0 Å². The van der Waals surface area contributed by atoms with Crippen molar-refractivity contribution < 1.29 is 9.59 Å². The van der Waals surface area contributed by atoms with E-state index in [9.17, 15) is 9.59 Å². The van der Waals surface area contributed by atoms with E-state index in [0.29, 0.717) is 15.2 Å². The molecular formula is C14H17BrClN3O2. The number of hydrogen-bond acceptors (Lipinski definition) is 3. The molecule has 0 saturated carbocycles. The Balaban J connectivity index is 2.03. The lowest BCUT2D eigenvalue weighted by Crippen LogP contribution is -2.41. The summed E-state index contributed by atoms with van der Waals surface area (Å²) in [5, 5.41) is 3.56. The fraction of sp³-hybridized carbons (Fsp3) is 0.429. The standard InChI is InChI=1S/C14H17BrClN3O2/c15-10-7-9(3-4-11(10)16)18-12(14(17)21)8-13(20)19-5-1-2-6-19/h3-4,7,12,18H,1-2,5-6,8H2,(H2,17,21). The molecule has 0 aliphatic carbocycles. The number of amides is 2. The highest BCUT2D eigenvalue weighted by molar-refractivity contribution is 9.10. The van der Waals surface area contributed by atoms with Gasteiger partial charge < -0.3 is 16.0 Å². The largest absolute Gasteiger partial charge is 0.373 e. The lowest BCUT2D eigenvalue weighted by atomic mass is 10.1. The first-order valence-corrected chi connectivity index (χ1v) is 7.93. The Morgan fingerprint density at radius 2 is 2.05 bits per heavy atom. The van der Waals surface area contributed by atoms with Crippen molar-refractivity contribution in [2.75, 3.05) is 18.4 Å². The second kappa shape index (κ2) is 7.13. The fourth-order valence-electron chi connectivity index (χ4n) is 2.28. The van der Waals surface area contributed by atoms with E-state index in [1.807, 2.05) is 0 Å². The first-order chi connectivity index (χ1) is 9.97. The van der Waals surface area contributed by atoms with Crippen molar-refractivity contribution in [2.24, 2.45) is 5.73 Å². The number of likely N-dealkylation sites (tertiary alicyclic amines) is 1. The lowest BCUT2D eigenvalue weighted by Gasteiger charge is -2.21. The first kappa shape index (κ1) is 16.1. The number of anilines is 1. The SMILES string of the molecule is NC(=O)C(CC(=O)N1CCCC1)Nc1ccc(Cl)c(Br)c1. The van der Waals surface area contributed by atoms with Gasteiger partial charge in [0.1, 0.15) is 6.04 Å². The Hall–Kier alpha value is -1.27. The van der Waals surface area contributed by atoms with Crippen LogP contribution in [0.25, 0.3) is 0 Å². The van der Waals surface area contributed by atoms with E-state index in [4.69, 9.17) is 17.3 Å². The molecule has 1 aromatic rings. The molecule has 5 nitrogen and oxygen atoms in total. The molecule has 0 spiro atoms. The van der Waals surface area contributed by atoms with E-state index in [2.05, 4.69) is 21.2 Å². The van der Waals surface area contributed by atoms with Gasteiger partial charge >= 0.3 is 0 Å². The monoisotopic (exact) mass is 373 g/mol. The molecule has 114 valence electrons. The van der Waals surface area contributed by atoms with Crippen molar-refractivity contribution >= 4 is 45.0 Å². The van der Waals surface area contributed by atoms with Gasteiger partial charge in [-0.05, 0) is 47.0 Å². The van der Waals surface area contributed by atoms with E-state index in [1.165, 1.54) is 0 Å². The molecule has 0 radical (unpaired) electrons. The third-order valence-electron chi connectivity index (χ3n) is 3.44. The van der Waals surface area contributed by atoms with Crippen LogP contribution in [0.1, 0.15) is 19.3 Å². The molecule has 1 fully saturated rings. The van der Waals surface area contributed by atoms with E-state index in [0.717, 1.165) is 25.9 Å². The zero-order valence-corrected chi connectivity index (χ0v) is 13.8. The summed E-state index contributed by atoms with van der Waals surface area (Å²) in [6, 6.07) is 4.46. The van der Waals surface area contributed by atoms with E-state index in [-0.39, 0.29) is 12.3 Å². The van der Waals surface area contributed by atoms with Gasteiger partial charge in [-0.25, -0.2) is 0 Å². The van der Waals surface area contributed by atoms with Crippen LogP contribution in [0.3, 0.4) is 0 Å². The van der Waals surface area contributed by atoms with Gasteiger partial charge in [0.2, 0.25) is 11.8 Å². The minimum absolute atomic E-state index is 0.0446. The molecule has 7 heteroatoms. The van der Waals surface area contributed by atoms with Crippen molar-refractivity contribution in [3.63, 3.8) is 0 Å². The zero-order chi connectivity index (χ0) is 15.4. The maximum Gasteiger partial charge on any atom is 0.240 e. The minimum Gasteiger partial charge on any atom is -0.373 e. The quantitative estimate of drug-likeness (QED) is 0.831. The summed E-state index contributed by atoms with van der Waals surface area (Å²) in [6.45, 7) is 1.52. The summed E-state index contributed by atoms with van der Waals surface area (Å²) >= 11 is 9.24. The Morgan fingerprint density at radius 1 is 1.38 bits per heavy atom. The molecule has 2 amide bonds. The summed E-state index contributed by atoms with van der Waals surface area (Å²) < 4.78 is 0.711. The number of primary amides is 1. The van der Waals surface area contributed by atoms with Crippen LogP contribution in [0.2, 0.25) is 5.02 Å². The van der Waals surface area contributed by atoms with Crippen molar-refractivity contribution in [2.45, 2.75) is 25.3 Å². The Morgan fingerprint density at radius 3 is 2.62 bits per heavy atom. The van der Waals surface area contributed by atoms with Crippen molar-refractivity contribution in [1.29, 1.82) is 0 Å². The van der Waals surface area contributed by atoms with Crippen LogP contribution in [0.5, 0.6) is 0 Å². The van der Waals surface area contributed by atoms with Crippen LogP contribution in [0.4, 0.5) is 5.69 Å². The van der Waals surface area contributed by atoms with Gasteiger partial charge in [-0.15, -0.1) is 0 Å². The topological polar surface area (TPSA) is 75.4 Å². The van der Waals surface area contributed by atoms with Crippen LogP contribution in [0.15, 0.2) is 22.7 Å². The number of nitrogens with zero attached hydrogens (tertiary/aromatic N) is 1. The predicted molar refractivity (Wildman–Crippen MR) is 86.2 cm³/mol. The second-order valence-electron chi connectivity index (χ2n) is 5.02. The molecule has 21 heavy (non-hydrogen) atoms. The molecule has 1 saturated heterocycles. The highest BCUT2D eigenvalue weighted by Gasteiger charge is 2.24. The number of hydrogen-bond donors (Lipinski definition) is 2. The lowest BCUT2D eigenvalue weighted by molar-refractivity contribution is -0.132. The van der Waals surface area contributed by atoms with Crippen molar-refractivity contribution in [1.82, 2.24) is 4.90 Å². The van der Waals surface area contributed by atoms with Crippen LogP contribution in [-0.4, -0.2) is 35.8 Å². The third kappa shape index (κ3) is 4.35. The molecular weight excluding hydrogens is 358 g/mol. The van der Waals surface area contributed by atoms with Crippen molar-refractivity contribution in [3.8, 4) is 0 Å². The number of carbonyl (C=O) groups is 2. The van der Waals surface area contributed by atoms with Gasteiger partial charge in [-0.2, -0.15) is 0 Å². The Kier molecular flexibility index (Phi) is 5.47. The van der Waals surface area contributed by atoms with E-state index < -0.39 is 11.9 Å². The third-order valence-corrected chi connectivity index (χ3v) is 4.66.